The molecule has 1 unspecified atom stereocenters. The Balaban J connectivity index is 1.86. The van der Waals surface area contributed by atoms with Crippen LogP contribution < -0.4 is 10.6 Å². The molecule has 1 saturated heterocycles. The minimum absolute atomic E-state index is 0.157. The van der Waals surface area contributed by atoms with Crippen molar-refractivity contribution in [1.29, 1.82) is 0 Å². The zero-order chi connectivity index (χ0) is 18.9. The Morgan fingerprint density at radius 3 is 2.58 bits per heavy atom. The highest BCUT2D eigenvalue weighted by atomic mass is 19.2. The number of halogens is 2. The molecule has 0 bridgehead atoms. The highest BCUT2D eigenvalue weighted by Gasteiger charge is 2.17. The van der Waals surface area contributed by atoms with Gasteiger partial charge in [0.05, 0.1) is 6.04 Å². The van der Waals surface area contributed by atoms with Gasteiger partial charge in [0.15, 0.2) is 17.6 Å². The molecule has 2 rings (SSSR count). The van der Waals surface area contributed by atoms with Crippen molar-refractivity contribution in [2.45, 2.75) is 46.1 Å². The third-order valence-electron chi connectivity index (χ3n) is 5.10. The summed E-state index contributed by atoms with van der Waals surface area (Å²) in [4.78, 5) is 7.16. The molecule has 26 heavy (non-hydrogen) atoms. The summed E-state index contributed by atoms with van der Waals surface area (Å²) in [7, 11) is 0. The largest absolute Gasteiger partial charge is 0.357 e. The van der Waals surface area contributed by atoms with E-state index in [0.717, 1.165) is 44.0 Å². The minimum atomic E-state index is -0.823. The highest BCUT2D eigenvalue weighted by Crippen LogP contribution is 2.20. The van der Waals surface area contributed by atoms with Gasteiger partial charge in [0, 0.05) is 13.1 Å². The molecule has 2 N–H and O–H groups in total. The van der Waals surface area contributed by atoms with Gasteiger partial charge in [-0.2, -0.15) is 0 Å². The molecule has 0 saturated carbocycles. The monoisotopic (exact) mass is 366 g/mol. The summed E-state index contributed by atoms with van der Waals surface area (Å²) in [5.74, 6) is -0.184. The van der Waals surface area contributed by atoms with E-state index in [1.54, 1.807) is 6.07 Å². The molecule has 1 heterocycles. The quantitative estimate of drug-likeness (QED) is 0.571. The maximum atomic E-state index is 13.4. The lowest BCUT2D eigenvalue weighted by Crippen LogP contribution is -2.39. The Labute approximate surface area is 156 Å². The van der Waals surface area contributed by atoms with Crippen LogP contribution in [0, 0.1) is 17.6 Å². The van der Waals surface area contributed by atoms with Crippen LogP contribution in [0.2, 0.25) is 0 Å². The Morgan fingerprint density at radius 1 is 1.23 bits per heavy atom. The molecule has 0 aromatic heterocycles. The van der Waals surface area contributed by atoms with Crippen LogP contribution in [0.5, 0.6) is 0 Å². The van der Waals surface area contributed by atoms with Crippen LogP contribution in [0.25, 0.3) is 0 Å². The second-order valence-corrected chi connectivity index (χ2v) is 6.97. The predicted molar refractivity (Wildman–Crippen MR) is 103 cm³/mol. The lowest BCUT2D eigenvalue weighted by molar-refractivity contribution is 0.188. The van der Waals surface area contributed by atoms with Crippen molar-refractivity contribution in [3.8, 4) is 0 Å². The summed E-state index contributed by atoms with van der Waals surface area (Å²) in [6.07, 6.45) is 3.59. The van der Waals surface area contributed by atoms with E-state index in [1.165, 1.54) is 32.0 Å². The van der Waals surface area contributed by atoms with Crippen molar-refractivity contribution < 1.29 is 8.78 Å². The Morgan fingerprint density at radius 2 is 1.96 bits per heavy atom. The normalized spacial score (nSPS) is 18.0. The second-order valence-electron chi connectivity index (χ2n) is 6.97. The maximum Gasteiger partial charge on any atom is 0.191 e. The first-order valence-corrected chi connectivity index (χ1v) is 9.75. The smallest absolute Gasteiger partial charge is 0.191 e. The number of aliphatic imine (C=N–C) groups is 1. The van der Waals surface area contributed by atoms with Gasteiger partial charge in [-0.1, -0.05) is 13.0 Å². The van der Waals surface area contributed by atoms with Crippen LogP contribution >= 0.6 is 0 Å². The summed E-state index contributed by atoms with van der Waals surface area (Å²) in [6.45, 7) is 11.2. The van der Waals surface area contributed by atoms with Gasteiger partial charge >= 0.3 is 0 Å². The topological polar surface area (TPSA) is 39.7 Å². The summed E-state index contributed by atoms with van der Waals surface area (Å²) < 4.78 is 26.5. The highest BCUT2D eigenvalue weighted by molar-refractivity contribution is 5.80. The van der Waals surface area contributed by atoms with Crippen molar-refractivity contribution in [2.24, 2.45) is 10.9 Å². The van der Waals surface area contributed by atoms with E-state index < -0.39 is 11.6 Å². The van der Waals surface area contributed by atoms with E-state index in [-0.39, 0.29) is 6.04 Å². The van der Waals surface area contributed by atoms with Crippen molar-refractivity contribution in [3.63, 3.8) is 0 Å². The van der Waals surface area contributed by atoms with Gasteiger partial charge in [0.1, 0.15) is 0 Å². The lowest BCUT2D eigenvalue weighted by Gasteiger charge is -2.30. The van der Waals surface area contributed by atoms with Crippen molar-refractivity contribution in [3.05, 3.63) is 35.4 Å². The van der Waals surface area contributed by atoms with Crippen molar-refractivity contribution in [1.82, 2.24) is 15.5 Å². The third kappa shape index (κ3) is 6.24. The second kappa shape index (κ2) is 10.5. The molecule has 1 fully saturated rings. The number of benzene rings is 1. The fourth-order valence-electron chi connectivity index (χ4n) is 3.34. The van der Waals surface area contributed by atoms with E-state index in [9.17, 15) is 8.78 Å². The van der Waals surface area contributed by atoms with Crippen LogP contribution in [0.4, 0.5) is 8.78 Å². The molecular weight excluding hydrogens is 334 g/mol. The maximum absolute atomic E-state index is 13.4. The van der Waals surface area contributed by atoms with Crippen LogP contribution in [0.15, 0.2) is 23.2 Å². The number of guanidine groups is 1. The van der Waals surface area contributed by atoms with E-state index in [0.29, 0.717) is 5.56 Å². The first-order chi connectivity index (χ1) is 12.5. The molecule has 1 aliphatic rings. The number of nitrogens with one attached hydrogen (secondary N) is 2. The summed E-state index contributed by atoms with van der Waals surface area (Å²) in [6, 6.07) is 3.84. The molecule has 0 aliphatic carbocycles. The molecule has 146 valence electrons. The van der Waals surface area contributed by atoms with Gasteiger partial charge in [-0.3, -0.25) is 4.99 Å². The van der Waals surface area contributed by atoms with Crippen LogP contribution in [-0.4, -0.2) is 43.6 Å². The SMILES string of the molecule is CCNC(=NCCC1CCN(CC)CC1)NC(C)c1ccc(F)c(F)c1. The standard InChI is InChI=1S/C20H32F2N4/c1-4-23-20(24-11-8-16-9-12-26(5-2)13-10-16)25-15(3)17-6-7-18(21)19(22)14-17/h6-7,14-16H,4-5,8-13H2,1-3H3,(H2,23,24,25). The molecule has 1 aliphatic heterocycles. The molecule has 0 amide bonds. The number of piperidine rings is 1. The van der Waals surface area contributed by atoms with E-state index in [2.05, 4.69) is 27.4 Å². The summed E-state index contributed by atoms with van der Waals surface area (Å²) in [5.41, 5.74) is 0.696. The van der Waals surface area contributed by atoms with Crippen LogP contribution in [-0.2, 0) is 0 Å². The molecular formula is C20H32F2N4. The summed E-state index contributed by atoms with van der Waals surface area (Å²) in [5, 5.41) is 6.50. The van der Waals surface area contributed by atoms with Crippen molar-refractivity contribution >= 4 is 5.96 Å². The zero-order valence-corrected chi connectivity index (χ0v) is 16.2. The average Bonchev–Trinajstić information content (AvgIpc) is 2.64. The number of nitrogens with zero attached hydrogens (tertiary/aromatic N) is 2. The first-order valence-electron chi connectivity index (χ1n) is 9.75. The van der Waals surface area contributed by atoms with Crippen LogP contribution in [0.1, 0.15) is 51.6 Å². The zero-order valence-electron chi connectivity index (χ0n) is 16.2. The number of likely N-dealkylation sites (tertiary alicyclic amines) is 1. The number of rotatable bonds is 7. The van der Waals surface area contributed by atoms with Gasteiger partial charge in [0.25, 0.3) is 0 Å². The van der Waals surface area contributed by atoms with E-state index >= 15 is 0 Å². The fraction of sp³-hybridized carbons (Fsp3) is 0.650. The fourth-order valence-corrected chi connectivity index (χ4v) is 3.34. The molecule has 4 nitrogen and oxygen atoms in total. The van der Waals surface area contributed by atoms with Gasteiger partial charge in [-0.15, -0.1) is 0 Å². The third-order valence-corrected chi connectivity index (χ3v) is 5.10. The Bertz CT molecular complexity index is 583. The van der Waals surface area contributed by atoms with E-state index in [1.807, 2.05) is 13.8 Å². The Hall–Kier alpha value is -1.69. The molecule has 6 heteroatoms. The lowest BCUT2D eigenvalue weighted by atomic mass is 9.94. The molecule has 0 radical (unpaired) electrons. The van der Waals surface area contributed by atoms with Gasteiger partial charge in [0.2, 0.25) is 0 Å². The molecule has 1 atom stereocenters. The average molecular weight is 366 g/mol. The van der Waals surface area contributed by atoms with Gasteiger partial charge < -0.3 is 15.5 Å². The molecule has 0 spiro atoms. The van der Waals surface area contributed by atoms with Gasteiger partial charge in [-0.25, -0.2) is 8.78 Å². The first kappa shape index (κ1) is 20.6. The number of hydrogen-bond donors (Lipinski definition) is 2. The minimum Gasteiger partial charge on any atom is -0.357 e. The molecule has 1 aromatic carbocycles. The predicted octanol–water partition coefficient (Wildman–Crippen LogP) is 3.70. The summed E-state index contributed by atoms with van der Waals surface area (Å²) >= 11 is 0. The van der Waals surface area contributed by atoms with Gasteiger partial charge in [-0.05, 0) is 76.4 Å². The van der Waals surface area contributed by atoms with Crippen LogP contribution in [0.3, 0.4) is 0 Å². The molecule has 1 aromatic rings. The number of hydrogen-bond acceptors (Lipinski definition) is 2. The van der Waals surface area contributed by atoms with Crippen molar-refractivity contribution in [2.75, 3.05) is 32.7 Å². The van der Waals surface area contributed by atoms with E-state index in [4.69, 9.17) is 0 Å². The Kier molecular flexibility index (Phi) is 8.29.